The van der Waals surface area contributed by atoms with Crippen LogP contribution in [0.2, 0.25) is 0 Å². The number of rotatable bonds is 2. The van der Waals surface area contributed by atoms with Gasteiger partial charge in [-0.05, 0) is 32.5 Å². The lowest BCUT2D eigenvalue weighted by Gasteiger charge is -2.30. The summed E-state index contributed by atoms with van der Waals surface area (Å²) < 4.78 is 0. The lowest BCUT2D eigenvalue weighted by Crippen LogP contribution is -2.43. The van der Waals surface area contributed by atoms with Crippen LogP contribution >= 0.6 is 0 Å². The molecule has 0 amide bonds. The number of piperidine rings is 1. The van der Waals surface area contributed by atoms with Crippen molar-refractivity contribution in [2.45, 2.75) is 19.8 Å². The van der Waals surface area contributed by atoms with Crippen molar-refractivity contribution in [2.24, 2.45) is 22.7 Å². The number of nitrogens with two attached hydrogens (primary N) is 2. The summed E-state index contributed by atoms with van der Waals surface area (Å²) in [5, 5.41) is 3.64. The second-order valence-electron chi connectivity index (χ2n) is 3.37. The molecule has 76 valence electrons. The minimum Gasteiger partial charge on any atom is -0.322 e. The van der Waals surface area contributed by atoms with Gasteiger partial charge in [-0.3, -0.25) is 0 Å². The van der Waals surface area contributed by atoms with Crippen molar-refractivity contribution < 1.29 is 0 Å². The van der Waals surface area contributed by atoms with Gasteiger partial charge in [-0.2, -0.15) is 5.10 Å². The Bertz CT molecular complexity index is 171. The summed E-state index contributed by atoms with van der Waals surface area (Å²) in [6.07, 6.45) is 2.18. The SMILES string of the molecule is CCN1CCC(/C(=N/N)NN)CC1. The number of amidine groups is 1. The summed E-state index contributed by atoms with van der Waals surface area (Å²) in [5.41, 5.74) is 2.56. The fraction of sp³-hybridized carbons (Fsp3) is 0.875. The molecule has 1 saturated heterocycles. The second-order valence-corrected chi connectivity index (χ2v) is 3.37. The quantitative estimate of drug-likeness (QED) is 0.233. The van der Waals surface area contributed by atoms with E-state index in [9.17, 15) is 0 Å². The van der Waals surface area contributed by atoms with E-state index in [-0.39, 0.29) is 0 Å². The molecule has 0 bridgehead atoms. The third-order valence-electron chi connectivity index (χ3n) is 2.71. The molecule has 0 aromatic heterocycles. The molecule has 1 aliphatic rings. The number of nitrogens with zero attached hydrogens (tertiary/aromatic N) is 2. The Labute approximate surface area is 79.1 Å². The predicted molar refractivity (Wildman–Crippen MR) is 53.8 cm³/mol. The van der Waals surface area contributed by atoms with Gasteiger partial charge in [0.2, 0.25) is 0 Å². The van der Waals surface area contributed by atoms with Gasteiger partial charge < -0.3 is 16.2 Å². The van der Waals surface area contributed by atoms with Crippen molar-refractivity contribution in [3.8, 4) is 0 Å². The Morgan fingerprint density at radius 1 is 1.54 bits per heavy atom. The first-order chi connectivity index (χ1) is 6.31. The van der Waals surface area contributed by atoms with Crippen molar-refractivity contribution in [3.05, 3.63) is 0 Å². The molecule has 0 atom stereocenters. The van der Waals surface area contributed by atoms with Gasteiger partial charge in [0.05, 0.1) is 0 Å². The highest BCUT2D eigenvalue weighted by Crippen LogP contribution is 2.16. The van der Waals surface area contributed by atoms with Gasteiger partial charge in [0.1, 0.15) is 5.84 Å². The average Bonchev–Trinajstić information content (AvgIpc) is 2.21. The highest BCUT2D eigenvalue weighted by molar-refractivity contribution is 5.83. The fourth-order valence-corrected chi connectivity index (χ4v) is 1.78. The van der Waals surface area contributed by atoms with E-state index in [1.54, 1.807) is 0 Å². The molecular weight excluding hydrogens is 166 g/mol. The first-order valence-electron chi connectivity index (χ1n) is 4.78. The van der Waals surface area contributed by atoms with Crippen molar-refractivity contribution in [1.29, 1.82) is 0 Å². The molecule has 0 saturated carbocycles. The lowest BCUT2D eigenvalue weighted by molar-refractivity contribution is 0.218. The van der Waals surface area contributed by atoms with Gasteiger partial charge in [-0.15, -0.1) is 0 Å². The first kappa shape index (κ1) is 10.3. The zero-order chi connectivity index (χ0) is 9.68. The highest BCUT2D eigenvalue weighted by atomic mass is 15.3. The van der Waals surface area contributed by atoms with Crippen LogP contribution in [0.25, 0.3) is 0 Å². The second kappa shape index (κ2) is 5.04. The van der Waals surface area contributed by atoms with Gasteiger partial charge in [0, 0.05) is 5.92 Å². The maximum atomic E-state index is 5.31. The summed E-state index contributed by atoms with van der Waals surface area (Å²) in [5.74, 6) is 11.7. The van der Waals surface area contributed by atoms with E-state index in [2.05, 4.69) is 22.4 Å². The summed E-state index contributed by atoms with van der Waals surface area (Å²) in [4.78, 5) is 2.42. The molecule has 0 radical (unpaired) electrons. The van der Waals surface area contributed by atoms with Crippen molar-refractivity contribution in [1.82, 2.24) is 10.3 Å². The van der Waals surface area contributed by atoms with Crippen LogP contribution in [0, 0.1) is 5.92 Å². The number of hydrazone groups is 1. The molecule has 5 nitrogen and oxygen atoms in total. The summed E-state index contributed by atoms with van der Waals surface area (Å²) in [7, 11) is 0. The van der Waals surface area contributed by atoms with Crippen LogP contribution in [0.15, 0.2) is 5.10 Å². The fourth-order valence-electron chi connectivity index (χ4n) is 1.78. The molecule has 13 heavy (non-hydrogen) atoms. The van der Waals surface area contributed by atoms with E-state index in [1.807, 2.05) is 0 Å². The van der Waals surface area contributed by atoms with Crippen LogP contribution in [0.1, 0.15) is 19.8 Å². The van der Waals surface area contributed by atoms with Crippen LogP contribution < -0.4 is 17.1 Å². The third-order valence-corrected chi connectivity index (χ3v) is 2.71. The topological polar surface area (TPSA) is 79.7 Å². The number of hydrazine groups is 1. The Balaban J connectivity index is 2.40. The molecule has 1 aliphatic heterocycles. The summed E-state index contributed by atoms with van der Waals surface area (Å²) in [6, 6.07) is 0. The third kappa shape index (κ3) is 2.57. The molecule has 0 aliphatic carbocycles. The molecule has 1 fully saturated rings. The lowest BCUT2D eigenvalue weighted by atomic mass is 9.96. The van der Waals surface area contributed by atoms with E-state index in [4.69, 9.17) is 11.7 Å². The van der Waals surface area contributed by atoms with Crippen LogP contribution in [-0.2, 0) is 0 Å². The molecule has 1 heterocycles. The van der Waals surface area contributed by atoms with Gasteiger partial charge in [0.15, 0.2) is 0 Å². The Morgan fingerprint density at radius 3 is 2.54 bits per heavy atom. The van der Waals surface area contributed by atoms with Gasteiger partial charge >= 0.3 is 0 Å². The standard InChI is InChI=1S/C8H19N5/c1-2-13-5-3-7(4-6-13)8(11-9)12-10/h7H,2-6,9-10H2,1H3,(H,11,12). The molecule has 0 unspecified atom stereocenters. The van der Waals surface area contributed by atoms with Gasteiger partial charge in [-0.1, -0.05) is 6.92 Å². The van der Waals surface area contributed by atoms with Crippen LogP contribution in [0.3, 0.4) is 0 Å². The normalized spacial score (nSPS) is 21.8. The van der Waals surface area contributed by atoms with Gasteiger partial charge in [-0.25, -0.2) is 5.84 Å². The molecule has 5 N–H and O–H groups in total. The van der Waals surface area contributed by atoms with E-state index >= 15 is 0 Å². The van der Waals surface area contributed by atoms with Crippen LogP contribution in [-0.4, -0.2) is 30.4 Å². The Morgan fingerprint density at radius 2 is 2.15 bits per heavy atom. The number of hydrogen-bond acceptors (Lipinski definition) is 4. The molecule has 0 aromatic rings. The van der Waals surface area contributed by atoms with Gasteiger partial charge in [0.25, 0.3) is 0 Å². The molecule has 0 spiro atoms. The zero-order valence-electron chi connectivity index (χ0n) is 8.16. The zero-order valence-corrected chi connectivity index (χ0v) is 8.16. The number of nitrogens with one attached hydrogen (secondary N) is 1. The summed E-state index contributed by atoms with van der Waals surface area (Å²) >= 11 is 0. The smallest absolute Gasteiger partial charge is 0.139 e. The minimum atomic E-state index is 0.415. The van der Waals surface area contributed by atoms with Crippen molar-refractivity contribution in [2.75, 3.05) is 19.6 Å². The highest BCUT2D eigenvalue weighted by Gasteiger charge is 2.21. The monoisotopic (exact) mass is 185 g/mol. The maximum absolute atomic E-state index is 5.31. The maximum Gasteiger partial charge on any atom is 0.139 e. The van der Waals surface area contributed by atoms with Crippen molar-refractivity contribution in [3.63, 3.8) is 0 Å². The molecule has 0 aromatic carbocycles. The Hall–Kier alpha value is -0.810. The largest absolute Gasteiger partial charge is 0.322 e. The van der Waals surface area contributed by atoms with E-state index < -0.39 is 0 Å². The van der Waals surface area contributed by atoms with E-state index in [1.165, 1.54) is 0 Å². The van der Waals surface area contributed by atoms with Crippen LogP contribution in [0.5, 0.6) is 0 Å². The first-order valence-corrected chi connectivity index (χ1v) is 4.78. The van der Waals surface area contributed by atoms with Crippen LogP contribution in [0.4, 0.5) is 0 Å². The van der Waals surface area contributed by atoms with E-state index in [0.29, 0.717) is 5.92 Å². The molecule has 1 rings (SSSR count). The molecule has 5 heteroatoms. The average molecular weight is 185 g/mol. The molecular formula is C8H19N5. The number of likely N-dealkylation sites (tertiary alicyclic amines) is 1. The number of hydrogen-bond donors (Lipinski definition) is 3. The van der Waals surface area contributed by atoms with Crippen molar-refractivity contribution >= 4 is 5.84 Å². The predicted octanol–water partition coefficient (Wildman–Crippen LogP) is -0.546. The summed E-state index contributed by atoms with van der Waals surface area (Å²) in [6.45, 7) is 5.53. The Kier molecular flexibility index (Phi) is 3.98. The minimum absolute atomic E-state index is 0.415. The van der Waals surface area contributed by atoms with E-state index in [0.717, 1.165) is 38.3 Å².